The molecule has 0 saturated carbocycles. The Morgan fingerprint density at radius 1 is 1.35 bits per heavy atom. The molecule has 1 aromatic heterocycles. The lowest BCUT2D eigenvalue weighted by molar-refractivity contribution is 0.0197. The van der Waals surface area contributed by atoms with Crippen LogP contribution in [-0.4, -0.2) is 39.9 Å². The molecule has 0 bridgehead atoms. The van der Waals surface area contributed by atoms with Crippen molar-refractivity contribution >= 4 is 6.09 Å². The van der Waals surface area contributed by atoms with E-state index in [1.165, 1.54) is 12.1 Å². The predicted octanol–water partition coefficient (Wildman–Crippen LogP) is 4.25. The number of likely N-dealkylation sites (tertiary alicyclic amines) is 1. The number of carbonyl (C=O) groups excluding carboxylic acids is 1. The van der Waals surface area contributed by atoms with Crippen LogP contribution >= 0.6 is 0 Å². The maximum atomic E-state index is 13.0. The third kappa shape index (κ3) is 4.84. The Morgan fingerprint density at radius 2 is 2.08 bits per heavy atom. The quantitative estimate of drug-likeness (QED) is 0.891. The summed E-state index contributed by atoms with van der Waals surface area (Å²) in [6.45, 7) is 6.99. The number of nitrogens with zero attached hydrogens (tertiary/aromatic N) is 2. The molecule has 1 N–H and O–H groups in total. The van der Waals surface area contributed by atoms with Gasteiger partial charge in [-0.25, -0.2) is 9.18 Å². The van der Waals surface area contributed by atoms with Crippen LogP contribution in [0.1, 0.15) is 56.5 Å². The highest BCUT2D eigenvalue weighted by molar-refractivity contribution is 5.68. The third-order valence-corrected chi connectivity index (χ3v) is 4.46. The first-order chi connectivity index (χ1) is 12.3. The number of aromatic nitrogens is 2. The minimum atomic E-state index is -0.486. The van der Waals surface area contributed by atoms with E-state index in [1.54, 1.807) is 17.0 Å². The smallest absolute Gasteiger partial charge is 0.410 e. The second kappa shape index (κ2) is 7.48. The van der Waals surface area contributed by atoms with Gasteiger partial charge in [0.25, 0.3) is 0 Å². The number of amides is 1. The number of hydrogen-bond acceptors (Lipinski definition) is 3. The molecule has 1 atom stereocenters. The molecule has 140 valence electrons. The summed E-state index contributed by atoms with van der Waals surface area (Å²) in [6, 6.07) is 8.52. The highest BCUT2D eigenvalue weighted by atomic mass is 19.1. The van der Waals surface area contributed by atoms with Gasteiger partial charge in [0.1, 0.15) is 11.4 Å². The van der Waals surface area contributed by atoms with Gasteiger partial charge >= 0.3 is 6.09 Å². The zero-order valence-corrected chi connectivity index (χ0v) is 15.6. The van der Waals surface area contributed by atoms with E-state index in [2.05, 4.69) is 10.2 Å². The van der Waals surface area contributed by atoms with Crippen LogP contribution in [-0.2, 0) is 11.2 Å². The lowest BCUT2D eigenvalue weighted by Gasteiger charge is -2.33. The Kier molecular flexibility index (Phi) is 5.30. The molecule has 0 aliphatic carbocycles. The molecule has 0 spiro atoms. The first-order valence-electron chi connectivity index (χ1n) is 9.07. The number of halogens is 1. The number of hydrogen-bond donors (Lipinski definition) is 1. The van der Waals surface area contributed by atoms with Gasteiger partial charge in [-0.2, -0.15) is 5.10 Å². The first kappa shape index (κ1) is 18.4. The van der Waals surface area contributed by atoms with Gasteiger partial charge in [-0.15, -0.1) is 0 Å². The van der Waals surface area contributed by atoms with Crippen LogP contribution in [0.3, 0.4) is 0 Å². The predicted molar refractivity (Wildman–Crippen MR) is 97.6 cm³/mol. The van der Waals surface area contributed by atoms with Crippen molar-refractivity contribution in [1.82, 2.24) is 15.1 Å². The van der Waals surface area contributed by atoms with E-state index >= 15 is 0 Å². The topological polar surface area (TPSA) is 58.2 Å². The normalized spacial score (nSPS) is 18.0. The molecule has 1 aliphatic rings. The zero-order valence-electron chi connectivity index (χ0n) is 15.6. The van der Waals surface area contributed by atoms with E-state index in [0.717, 1.165) is 36.3 Å². The van der Waals surface area contributed by atoms with Crippen molar-refractivity contribution in [2.75, 3.05) is 13.1 Å². The molecule has 1 aromatic carbocycles. The third-order valence-electron chi connectivity index (χ3n) is 4.46. The summed E-state index contributed by atoms with van der Waals surface area (Å²) in [5.74, 6) is -0.00774. The fourth-order valence-electron chi connectivity index (χ4n) is 3.21. The molecule has 1 fully saturated rings. The number of rotatable bonds is 3. The lowest BCUT2D eigenvalue weighted by atomic mass is 9.94. The van der Waals surface area contributed by atoms with Crippen molar-refractivity contribution in [2.24, 2.45) is 0 Å². The molecule has 5 nitrogen and oxygen atoms in total. The number of carbonyl (C=O) groups is 1. The van der Waals surface area contributed by atoms with E-state index in [-0.39, 0.29) is 17.8 Å². The van der Waals surface area contributed by atoms with Crippen molar-refractivity contribution in [3.8, 4) is 0 Å². The summed E-state index contributed by atoms with van der Waals surface area (Å²) in [6.07, 6.45) is 2.35. The number of ether oxygens (including phenoxy) is 1. The number of piperidine rings is 1. The van der Waals surface area contributed by atoms with Gasteiger partial charge in [-0.1, -0.05) is 12.1 Å². The van der Waals surface area contributed by atoms with Gasteiger partial charge in [0.2, 0.25) is 0 Å². The molecule has 2 heterocycles. The fourth-order valence-corrected chi connectivity index (χ4v) is 3.21. The zero-order chi connectivity index (χ0) is 18.7. The van der Waals surface area contributed by atoms with Crippen LogP contribution < -0.4 is 0 Å². The van der Waals surface area contributed by atoms with Gasteiger partial charge in [0.15, 0.2) is 0 Å². The van der Waals surface area contributed by atoms with Gasteiger partial charge in [0.05, 0.1) is 5.69 Å². The maximum absolute atomic E-state index is 13.0. The molecule has 6 heteroatoms. The summed E-state index contributed by atoms with van der Waals surface area (Å²) in [7, 11) is 0. The van der Waals surface area contributed by atoms with E-state index in [9.17, 15) is 9.18 Å². The summed E-state index contributed by atoms with van der Waals surface area (Å²) < 4.78 is 18.5. The minimum absolute atomic E-state index is 0.228. The number of aromatic amines is 1. The van der Waals surface area contributed by atoms with Crippen LogP contribution in [0.5, 0.6) is 0 Å². The van der Waals surface area contributed by atoms with Gasteiger partial charge in [0, 0.05) is 31.1 Å². The van der Waals surface area contributed by atoms with Gasteiger partial charge in [-0.3, -0.25) is 5.10 Å². The van der Waals surface area contributed by atoms with Gasteiger partial charge < -0.3 is 9.64 Å². The number of H-pyrrole nitrogens is 1. The molecular formula is C20H26FN3O2. The Hall–Kier alpha value is -2.37. The van der Waals surface area contributed by atoms with Crippen LogP contribution in [0.15, 0.2) is 30.3 Å². The highest BCUT2D eigenvalue weighted by Crippen LogP contribution is 2.27. The van der Waals surface area contributed by atoms with Crippen LogP contribution in [0.4, 0.5) is 9.18 Å². The van der Waals surface area contributed by atoms with E-state index in [0.29, 0.717) is 13.0 Å². The number of benzene rings is 1. The molecule has 26 heavy (non-hydrogen) atoms. The van der Waals surface area contributed by atoms with Crippen LogP contribution in [0.2, 0.25) is 0 Å². The molecule has 1 aliphatic heterocycles. The molecule has 0 radical (unpaired) electrons. The molecule has 1 saturated heterocycles. The first-order valence-corrected chi connectivity index (χ1v) is 9.07. The van der Waals surface area contributed by atoms with E-state index < -0.39 is 5.60 Å². The average Bonchev–Trinajstić information content (AvgIpc) is 3.04. The van der Waals surface area contributed by atoms with Crippen molar-refractivity contribution in [2.45, 2.75) is 51.6 Å². The maximum Gasteiger partial charge on any atom is 0.410 e. The van der Waals surface area contributed by atoms with E-state index in [1.807, 2.05) is 26.8 Å². The van der Waals surface area contributed by atoms with Crippen LogP contribution in [0.25, 0.3) is 0 Å². The Morgan fingerprint density at radius 3 is 2.77 bits per heavy atom. The number of nitrogens with one attached hydrogen (secondary N) is 1. The fraction of sp³-hybridized carbons (Fsp3) is 0.500. The Labute approximate surface area is 153 Å². The standard InChI is InChI=1S/C20H26FN3O2/c1-20(2,3)26-19(25)24-10-4-5-15(13-24)18-12-17(22-23-18)11-14-6-8-16(21)9-7-14/h6-9,12,15H,4-5,10-11,13H2,1-3H3,(H,22,23)/t15-/m0/s1. The van der Waals surface area contributed by atoms with Crippen LogP contribution in [0, 0.1) is 5.82 Å². The van der Waals surface area contributed by atoms with Gasteiger partial charge in [-0.05, 0) is 57.4 Å². The summed E-state index contributed by atoms with van der Waals surface area (Å²) in [4.78, 5) is 14.1. The van der Waals surface area contributed by atoms with Crippen molar-refractivity contribution in [3.63, 3.8) is 0 Å². The molecular weight excluding hydrogens is 333 g/mol. The summed E-state index contributed by atoms with van der Waals surface area (Å²) >= 11 is 0. The molecule has 1 amide bonds. The second-order valence-electron chi connectivity index (χ2n) is 7.88. The average molecular weight is 359 g/mol. The molecule has 3 rings (SSSR count). The largest absolute Gasteiger partial charge is 0.444 e. The molecule has 0 unspecified atom stereocenters. The minimum Gasteiger partial charge on any atom is -0.444 e. The van der Waals surface area contributed by atoms with E-state index in [4.69, 9.17) is 4.74 Å². The SMILES string of the molecule is CC(C)(C)OC(=O)N1CCC[C@H](c2cc(Cc3ccc(F)cc3)n[nH]2)C1. The monoisotopic (exact) mass is 359 g/mol. The summed E-state index contributed by atoms with van der Waals surface area (Å²) in [5, 5.41) is 7.50. The Balaban J connectivity index is 1.63. The lowest BCUT2D eigenvalue weighted by Crippen LogP contribution is -2.42. The van der Waals surface area contributed by atoms with Crippen molar-refractivity contribution in [1.29, 1.82) is 0 Å². The Bertz CT molecular complexity index is 749. The highest BCUT2D eigenvalue weighted by Gasteiger charge is 2.29. The molecule has 2 aromatic rings. The second-order valence-corrected chi connectivity index (χ2v) is 7.88. The van der Waals surface area contributed by atoms with Crippen molar-refractivity contribution < 1.29 is 13.9 Å². The van der Waals surface area contributed by atoms with Crippen molar-refractivity contribution in [3.05, 3.63) is 53.1 Å². The summed E-state index contributed by atoms with van der Waals surface area (Å²) in [5.41, 5.74) is 2.49.